The van der Waals surface area contributed by atoms with E-state index in [1.807, 2.05) is 0 Å². The lowest BCUT2D eigenvalue weighted by Crippen LogP contribution is -2.41. The van der Waals surface area contributed by atoms with Crippen LogP contribution in [0.3, 0.4) is 0 Å². The number of ether oxygens (including phenoxy) is 1. The minimum Gasteiger partial charge on any atom is -0.464 e. The van der Waals surface area contributed by atoms with Crippen LogP contribution in [0.1, 0.15) is 6.17 Å². The van der Waals surface area contributed by atoms with Crippen LogP contribution in [0, 0.1) is 11.2 Å². The zero-order valence-electron chi connectivity index (χ0n) is 14.9. The number of alkyl halides is 4. The molecule has 1 aliphatic rings. The van der Waals surface area contributed by atoms with E-state index < -0.39 is 37.2 Å². The average Bonchev–Trinajstić information content (AvgIpc) is 3.15. The Morgan fingerprint density at radius 1 is 1.28 bits per heavy atom. The van der Waals surface area contributed by atoms with Crippen molar-refractivity contribution in [2.75, 3.05) is 37.1 Å². The molecule has 0 unspecified atom stereocenters. The van der Waals surface area contributed by atoms with Gasteiger partial charge in [0.15, 0.2) is 6.17 Å². The summed E-state index contributed by atoms with van der Waals surface area (Å²) in [7, 11) is 0. The van der Waals surface area contributed by atoms with E-state index in [0.29, 0.717) is 0 Å². The van der Waals surface area contributed by atoms with Crippen LogP contribution in [0.2, 0.25) is 5.02 Å². The predicted octanol–water partition coefficient (Wildman–Crippen LogP) is 4.27. The first kappa shape index (κ1) is 21.2. The summed E-state index contributed by atoms with van der Waals surface area (Å²) in [5.74, 6) is -0.703. The van der Waals surface area contributed by atoms with E-state index in [1.165, 1.54) is 24.5 Å². The van der Waals surface area contributed by atoms with E-state index in [-0.39, 0.29) is 35.6 Å². The van der Waals surface area contributed by atoms with Crippen molar-refractivity contribution in [3.63, 3.8) is 0 Å². The zero-order valence-corrected chi connectivity index (χ0v) is 15.6. The normalized spacial score (nSPS) is 16.9. The molecule has 0 amide bonds. The van der Waals surface area contributed by atoms with Crippen molar-refractivity contribution in [2.45, 2.75) is 12.6 Å². The maximum Gasteiger partial charge on any atom is 0.289 e. The number of benzene rings is 1. The number of halogens is 6. The van der Waals surface area contributed by atoms with Gasteiger partial charge in [0, 0.05) is 11.9 Å². The Balaban J connectivity index is 1.75. The van der Waals surface area contributed by atoms with E-state index in [0.717, 1.165) is 10.7 Å². The summed E-state index contributed by atoms with van der Waals surface area (Å²) in [6.45, 7) is -2.32. The summed E-state index contributed by atoms with van der Waals surface area (Å²) >= 11 is 5.72. The lowest BCUT2D eigenvalue weighted by atomic mass is 9.92. The number of hydrogen-bond donors (Lipinski definition) is 2. The van der Waals surface area contributed by atoms with Gasteiger partial charge >= 0.3 is 0 Å². The highest BCUT2D eigenvalue weighted by atomic mass is 35.5. The summed E-state index contributed by atoms with van der Waals surface area (Å²) in [6, 6.07) is 3.43. The minimum atomic E-state index is -2.84. The number of aliphatic imine (C=N–C) groups is 1. The van der Waals surface area contributed by atoms with Gasteiger partial charge in [-0.2, -0.15) is 5.10 Å². The topological polar surface area (TPSA) is 63.5 Å². The molecule has 0 saturated heterocycles. The number of aromatic nitrogens is 2. The third kappa shape index (κ3) is 4.89. The van der Waals surface area contributed by atoms with Gasteiger partial charge < -0.3 is 15.4 Å². The highest BCUT2D eigenvalue weighted by Crippen LogP contribution is 2.27. The third-order valence-electron chi connectivity index (χ3n) is 4.26. The van der Waals surface area contributed by atoms with Crippen molar-refractivity contribution < 1.29 is 26.7 Å². The fraction of sp³-hybridized carbons (Fsp3) is 0.412. The quantitative estimate of drug-likeness (QED) is 0.635. The van der Waals surface area contributed by atoms with Crippen molar-refractivity contribution in [1.29, 1.82) is 0 Å². The summed E-state index contributed by atoms with van der Waals surface area (Å²) in [6.07, 6.45) is -1.95. The zero-order chi connectivity index (χ0) is 21.0. The van der Waals surface area contributed by atoms with Gasteiger partial charge in [-0.15, -0.1) is 0 Å². The summed E-state index contributed by atoms with van der Waals surface area (Å²) in [5.41, 5.74) is -1.31. The Morgan fingerprint density at radius 2 is 2.03 bits per heavy atom. The molecule has 0 spiro atoms. The molecule has 2 aromatic rings. The SMILES string of the molecule is FCC1(CF)CN=C(Nc2cc(N[C@@H](C(F)F)n3cc(Cl)cn3)ccc2F)OC1. The van der Waals surface area contributed by atoms with Crippen LogP contribution in [0.4, 0.5) is 33.3 Å². The molecule has 1 atom stereocenters. The van der Waals surface area contributed by atoms with Crippen LogP contribution in [-0.4, -0.2) is 48.7 Å². The number of anilines is 2. The number of nitrogens with one attached hydrogen (secondary N) is 2. The Morgan fingerprint density at radius 3 is 2.59 bits per heavy atom. The van der Waals surface area contributed by atoms with Crippen molar-refractivity contribution in [2.24, 2.45) is 10.4 Å². The van der Waals surface area contributed by atoms with Crippen molar-refractivity contribution in [1.82, 2.24) is 9.78 Å². The maximum atomic E-state index is 14.1. The van der Waals surface area contributed by atoms with Crippen molar-refractivity contribution in [3.05, 3.63) is 41.4 Å². The van der Waals surface area contributed by atoms with Gasteiger partial charge in [0.1, 0.15) is 25.8 Å². The first-order chi connectivity index (χ1) is 13.9. The molecule has 0 saturated carbocycles. The standard InChI is InChI=1S/C17H17ClF5N5O/c18-10-4-25-28(5-10)15(14(22)23)26-11-1-2-12(21)13(3-11)27-16-24-8-17(6-19,7-20)9-29-16/h1-5,14-15,26H,6-9H2,(H,24,27)/t15-/m1/s1. The fourth-order valence-corrected chi connectivity index (χ4v) is 2.68. The van der Waals surface area contributed by atoms with E-state index in [9.17, 15) is 22.0 Å². The van der Waals surface area contributed by atoms with Gasteiger partial charge in [0.2, 0.25) is 0 Å². The van der Waals surface area contributed by atoms with Gasteiger partial charge in [-0.1, -0.05) is 11.6 Å². The minimum absolute atomic E-state index is 0.117. The molecule has 1 aliphatic heterocycles. The summed E-state index contributed by atoms with van der Waals surface area (Å²) < 4.78 is 73.1. The molecule has 0 radical (unpaired) electrons. The molecule has 2 N–H and O–H groups in total. The van der Waals surface area contributed by atoms with Gasteiger partial charge in [-0.3, -0.25) is 8.78 Å². The van der Waals surface area contributed by atoms with E-state index in [2.05, 4.69) is 20.7 Å². The van der Waals surface area contributed by atoms with Gasteiger partial charge in [-0.25, -0.2) is 22.8 Å². The molecule has 6 nitrogen and oxygen atoms in total. The van der Waals surface area contributed by atoms with Crippen LogP contribution in [0.15, 0.2) is 35.6 Å². The molecule has 1 aromatic carbocycles. The lowest BCUT2D eigenvalue weighted by molar-refractivity contribution is 0.0672. The third-order valence-corrected chi connectivity index (χ3v) is 4.45. The van der Waals surface area contributed by atoms with Crippen molar-refractivity contribution in [3.8, 4) is 0 Å². The molecule has 0 fully saturated rings. The fourth-order valence-electron chi connectivity index (χ4n) is 2.53. The number of hydrogen-bond acceptors (Lipinski definition) is 5. The lowest BCUT2D eigenvalue weighted by Gasteiger charge is -2.30. The number of nitrogens with zero attached hydrogens (tertiary/aromatic N) is 3. The van der Waals surface area contributed by atoms with E-state index in [4.69, 9.17) is 16.3 Å². The average molecular weight is 438 g/mol. The Labute approximate surface area is 167 Å². The summed E-state index contributed by atoms with van der Waals surface area (Å²) in [4.78, 5) is 3.90. The molecular formula is C17H17ClF5N5O. The number of rotatable bonds is 7. The largest absolute Gasteiger partial charge is 0.464 e. The van der Waals surface area contributed by atoms with E-state index in [1.54, 1.807) is 0 Å². The van der Waals surface area contributed by atoms with Gasteiger partial charge in [0.25, 0.3) is 12.4 Å². The second-order valence-corrected chi connectivity index (χ2v) is 7.00. The molecule has 29 heavy (non-hydrogen) atoms. The summed E-state index contributed by atoms with van der Waals surface area (Å²) in [5, 5.41) is 9.04. The molecular weight excluding hydrogens is 421 g/mol. The van der Waals surface area contributed by atoms with E-state index >= 15 is 0 Å². The number of amidine groups is 1. The molecule has 3 rings (SSSR count). The molecule has 1 aromatic heterocycles. The highest BCUT2D eigenvalue weighted by Gasteiger charge is 2.35. The molecule has 0 bridgehead atoms. The van der Waals surface area contributed by atoms with Gasteiger partial charge in [0.05, 0.1) is 28.9 Å². The Hall–Kier alpha value is -2.56. The first-order valence-electron chi connectivity index (χ1n) is 8.46. The molecule has 12 heteroatoms. The van der Waals surface area contributed by atoms with Crippen LogP contribution >= 0.6 is 11.6 Å². The van der Waals surface area contributed by atoms with Crippen LogP contribution in [-0.2, 0) is 4.74 Å². The highest BCUT2D eigenvalue weighted by molar-refractivity contribution is 6.30. The second kappa shape index (κ2) is 8.85. The molecule has 158 valence electrons. The molecule has 2 heterocycles. The monoisotopic (exact) mass is 437 g/mol. The van der Waals surface area contributed by atoms with Crippen LogP contribution in [0.25, 0.3) is 0 Å². The van der Waals surface area contributed by atoms with Gasteiger partial charge in [-0.05, 0) is 18.2 Å². The Kier molecular flexibility index (Phi) is 6.46. The Bertz CT molecular complexity index is 874. The second-order valence-electron chi connectivity index (χ2n) is 6.56. The smallest absolute Gasteiger partial charge is 0.289 e. The molecule has 0 aliphatic carbocycles. The maximum absolute atomic E-state index is 14.1. The van der Waals surface area contributed by atoms with Crippen LogP contribution < -0.4 is 10.6 Å². The first-order valence-corrected chi connectivity index (χ1v) is 8.84. The predicted molar refractivity (Wildman–Crippen MR) is 98.6 cm³/mol. The van der Waals surface area contributed by atoms with Crippen LogP contribution in [0.5, 0.6) is 0 Å². The van der Waals surface area contributed by atoms with Crippen molar-refractivity contribution >= 4 is 29.0 Å².